The maximum atomic E-state index is 12.6. The maximum absolute atomic E-state index is 12.6. The first-order valence-electron chi connectivity index (χ1n) is 8.91. The lowest BCUT2D eigenvalue weighted by Gasteiger charge is -2.13. The molecule has 0 aliphatic heterocycles. The third kappa shape index (κ3) is 6.79. The number of carboxylic acids is 1. The number of carbonyl (C=O) groups is 2. The van der Waals surface area contributed by atoms with Crippen LogP contribution in [-0.2, 0) is 0 Å². The van der Waals surface area contributed by atoms with Crippen LogP contribution in [0.1, 0.15) is 26.3 Å². The zero-order chi connectivity index (χ0) is 24.5. The van der Waals surface area contributed by atoms with Crippen LogP contribution in [0.2, 0.25) is 0 Å². The van der Waals surface area contributed by atoms with Gasteiger partial charge in [0.2, 0.25) is 0 Å². The quantitative estimate of drug-likeness (QED) is 0.302. The second-order valence-electron chi connectivity index (χ2n) is 6.09. The molecule has 0 aromatic heterocycles. The summed E-state index contributed by atoms with van der Waals surface area (Å²) < 4.78 is 58.5. The lowest BCUT2D eigenvalue weighted by atomic mass is 10.1. The van der Waals surface area contributed by atoms with Crippen LogP contribution < -0.4 is 14.8 Å². The number of nitrogens with zero attached hydrogens (tertiary/aromatic N) is 2. The van der Waals surface area contributed by atoms with Gasteiger partial charge < -0.3 is 19.9 Å². The van der Waals surface area contributed by atoms with E-state index < -0.39 is 36.6 Å². The molecule has 0 radical (unpaired) electrons. The number of rotatable bonds is 10. The lowest BCUT2D eigenvalue weighted by molar-refractivity contribution is -0.0692. The summed E-state index contributed by atoms with van der Waals surface area (Å²) in [4.78, 5) is 26.7. The van der Waals surface area contributed by atoms with E-state index in [9.17, 15) is 37.5 Å². The van der Waals surface area contributed by atoms with Gasteiger partial charge in [-0.3, -0.25) is 4.79 Å². The highest BCUT2D eigenvalue weighted by atomic mass is 19.3. The van der Waals surface area contributed by atoms with E-state index in [0.717, 1.165) is 12.1 Å². The standard InChI is InChI=1S/C21H15F4N3O5/c1-27-18(29)13-3-2-4-14(19(30)31)17(13)28-10-12(9-26)7-11-5-6-15(32-20(22)23)16(8-11)33-21(24)25/h2-8,20-21,28H,1,10H2,(H,30,31)/b12-7+. The smallest absolute Gasteiger partial charge is 0.387 e. The Hall–Kier alpha value is -4.40. The van der Waals surface area contributed by atoms with E-state index >= 15 is 0 Å². The van der Waals surface area contributed by atoms with Gasteiger partial charge >= 0.3 is 19.2 Å². The average Bonchev–Trinajstić information content (AvgIpc) is 2.76. The third-order valence-electron chi connectivity index (χ3n) is 4.01. The van der Waals surface area contributed by atoms with Gasteiger partial charge in [0, 0.05) is 5.57 Å². The van der Waals surface area contributed by atoms with E-state index in [0.29, 0.717) is 0 Å². The number of alkyl halides is 4. The molecule has 0 spiro atoms. The molecule has 0 aliphatic carbocycles. The Labute approximate surface area is 184 Å². The first-order valence-corrected chi connectivity index (χ1v) is 8.91. The topological polar surface area (TPSA) is 121 Å². The van der Waals surface area contributed by atoms with Gasteiger partial charge in [0.1, 0.15) is 0 Å². The minimum atomic E-state index is -3.32. The highest BCUT2D eigenvalue weighted by Crippen LogP contribution is 2.32. The van der Waals surface area contributed by atoms with E-state index in [1.54, 1.807) is 0 Å². The van der Waals surface area contributed by atoms with Crippen LogP contribution in [-0.4, -0.2) is 43.5 Å². The molecule has 0 atom stereocenters. The molecular weight excluding hydrogens is 450 g/mol. The zero-order valence-corrected chi connectivity index (χ0v) is 16.6. The summed E-state index contributed by atoms with van der Waals surface area (Å²) in [7, 11) is 0. The predicted octanol–water partition coefficient (Wildman–Crippen LogP) is 4.45. The van der Waals surface area contributed by atoms with Crippen LogP contribution >= 0.6 is 0 Å². The predicted molar refractivity (Wildman–Crippen MR) is 109 cm³/mol. The number of anilines is 1. The summed E-state index contributed by atoms with van der Waals surface area (Å²) >= 11 is 0. The van der Waals surface area contributed by atoms with E-state index in [1.165, 1.54) is 30.3 Å². The fourth-order valence-electron chi connectivity index (χ4n) is 2.69. The van der Waals surface area contributed by atoms with Crippen molar-refractivity contribution in [3.05, 3.63) is 58.7 Å². The fraction of sp³-hybridized carbons (Fsp3) is 0.143. The van der Waals surface area contributed by atoms with Gasteiger partial charge in [-0.15, -0.1) is 0 Å². The molecule has 8 nitrogen and oxygen atoms in total. The minimum absolute atomic E-state index is 0.0225. The first kappa shape index (κ1) is 24.9. The van der Waals surface area contributed by atoms with E-state index in [1.807, 2.05) is 6.07 Å². The second kappa shape index (κ2) is 11.3. The van der Waals surface area contributed by atoms with Crippen molar-refractivity contribution >= 4 is 30.4 Å². The monoisotopic (exact) mass is 465 g/mol. The number of nitriles is 1. The van der Waals surface area contributed by atoms with Crippen molar-refractivity contribution in [3.8, 4) is 17.6 Å². The first-order chi connectivity index (χ1) is 15.7. The summed E-state index contributed by atoms with van der Waals surface area (Å²) in [6.45, 7) is -3.76. The van der Waals surface area contributed by atoms with Crippen LogP contribution in [0.25, 0.3) is 6.08 Å². The molecule has 33 heavy (non-hydrogen) atoms. The largest absolute Gasteiger partial charge is 0.478 e. The summed E-state index contributed by atoms with van der Waals surface area (Å²) in [6, 6.07) is 8.85. The molecule has 0 unspecified atom stereocenters. The molecule has 0 saturated heterocycles. The summed E-state index contributed by atoms with van der Waals surface area (Å²) in [5.41, 5.74) is -0.357. The number of hydrogen-bond acceptors (Lipinski definition) is 6. The number of aromatic carboxylic acids is 1. The van der Waals surface area contributed by atoms with Crippen LogP contribution in [0.3, 0.4) is 0 Å². The van der Waals surface area contributed by atoms with Gasteiger partial charge in [0.25, 0.3) is 5.91 Å². The van der Waals surface area contributed by atoms with Crippen LogP contribution in [0.4, 0.5) is 23.2 Å². The lowest BCUT2D eigenvalue weighted by Crippen LogP contribution is -2.13. The van der Waals surface area contributed by atoms with Crippen LogP contribution in [0, 0.1) is 11.3 Å². The highest BCUT2D eigenvalue weighted by molar-refractivity contribution is 6.07. The van der Waals surface area contributed by atoms with Gasteiger partial charge in [-0.2, -0.15) is 22.8 Å². The third-order valence-corrected chi connectivity index (χ3v) is 4.01. The van der Waals surface area contributed by atoms with Gasteiger partial charge in [-0.25, -0.2) is 9.79 Å². The minimum Gasteiger partial charge on any atom is -0.478 e. The number of carboxylic acid groups (broad SMARTS) is 1. The van der Waals surface area contributed by atoms with Crippen LogP contribution in [0.5, 0.6) is 11.5 Å². The molecule has 1 amide bonds. The molecule has 0 bridgehead atoms. The number of amides is 1. The van der Waals surface area contributed by atoms with Crippen molar-refractivity contribution in [1.82, 2.24) is 0 Å². The highest BCUT2D eigenvalue weighted by Gasteiger charge is 2.19. The van der Waals surface area contributed by atoms with Crippen LogP contribution in [0.15, 0.2) is 47.0 Å². The van der Waals surface area contributed by atoms with E-state index in [2.05, 4.69) is 26.5 Å². The van der Waals surface area contributed by atoms with Gasteiger partial charge in [0.05, 0.1) is 29.4 Å². The van der Waals surface area contributed by atoms with E-state index in [4.69, 9.17) is 0 Å². The molecule has 12 heteroatoms. The van der Waals surface area contributed by atoms with Crippen molar-refractivity contribution < 1.29 is 41.7 Å². The maximum Gasteiger partial charge on any atom is 0.387 e. The number of halogens is 4. The molecule has 0 heterocycles. The fourth-order valence-corrected chi connectivity index (χ4v) is 2.69. The van der Waals surface area contributed by atoms with Crippen molar-refractivity contribution in [2.75, 3.05) is 11.9 Å². The molecule has 2 N–H and O–H groups in total. The molecule has 2 aromatic carbocycles. The molecule has 0 aliphatic rings. The number of aliphatic imine (C=N–C) groups is 1. The van der Waals surface area contributed by atoms with Gasteiger partial charge in [-0.1, -0.05) is 12.1 Å². The summed E-state index contributed by atoms with van der Waals surface area (Å²) in [5.74, 6) is -3.45. The number of para-hydroxylation sites is 1. The van der Waals surface area contributed by atoms with Crippen molar-refractivity contribution in [1.29, 1.82) is 5.26 Å². The molecular formula is C21H15F4N3O5. The van der Waals surface area contributed by atoms with Crippen molar-refractivity contribution in [3.63, 3.8) is 0 Å². The van der Waals surface area contributed by atoms with Gasteiger partial charge in [0.15, 0.2) is 11.5 Å². The molecule has 0 fully saturated rings. The molecule has 2 aromatic rings. The normalized spacial score (nSPS) is 11.1. The van der Waals surface area contributed by atoms with Crippen molar-refractivity contribution in [2.45, 2.75) is 13.2 Å². The number of nitrogens with one attached hydrogen (secondary N) is 1. The Balaban J connectivity index is 2.37. The summed E-state index contributed by atoms with van der Waals surface area (Å²) in [6.07, 6.45) is 1.22. The van der Waals surface area contributed by atoms with Gasteiger partial charge in [-0.05, 0) is 42.6 Å². The molecule has 172 valence electrons. The number of carbonyl (C=O) groups excluding carboxylic acids is 1. The van der Waals surface area contributed by atoms with Crippen molar-refractivity contribution in [2.24, 2.45) is 4.99 Å². The van der Waals surface area contributed by atoms with E-state index in [-0.39, 0.29) is 34.5 Å². The Morgan fingerprint density at radius 1 is 1.12 bits per heavy atom. The Bertz CT molecular complexity index is 1130. The number of hydrogen-bond donors (Lipinski definition) is 2. The molecule has 2 rings (SSSR count). The number of ether oxygens (including phenoxy) is 2. The number of benzene rings is 2. The Morgan fingerprint density at radius 2 is 1.76 bits per heavy atom. The second-order valence-corrected chi connectivity index (χ2v) is 6.09. The zero-order valence-electron chi connectivity index (χ0n) is 16.6. The summed E-state index contributed by atoms with van der Waals surface area (Å²) in [5, 5.41) is 21.5. The Kier molecular flexibility index (Phi) is 8.50. The SMILES string of the molecule is C=NC(=O)c1cccc(C(=O)O)c1NC/C(C#N)=C/c1ccc(OC(F)F)c(OC(F)F)c1. The Morgan fingerprint density at radius 3 is 2.33 bits per heavy atom. The average molecular weight is 465 g/mol. The molecule has 0 saturated carbocycles.